The Morgan fingerprint density at radius 1 is 1.17 bits per heavy atom. The van der Waals surface area contributed by atoms with Crippen molar-refractivity contribution < 1.29 is 9.59 Å². The molecule has 0 fully saturated rings. The quantitative estimate of drug-likeness (QED) is 0.566. The molecule has 4 rings (SSSR count). The molecule has 0 saturated heterocycles. The standard InChI is InChI=1S/C23H20ClN3O2S/c1-15-10-11-16(24)14-18(15)26-21(28)9-5-13-27-19-7-2-3-8-20(19)30-22-17(23(27)29)6-4-12-25-22/h2-4,6-8,10-12,14H,5,9,13H2,1H3,(H,26,28). The zero-order valence-corrected chi connectivity index (χ0v) is 18.0. The van der Waals surface area contributed by atoms with Crippen molar-refractivity contribution in [2.24, 2.45) is 0 Å². The van der Waals surface area contributed by atoms with Gasteiger partial charge in [0, 0.05) is 34.8 Å². The number of pyridine rings is 1. The Kier molecular flexibility index (Phi) is 6.06. The molecular formula is C23H20ClN3O2S. The topological polar surface area (TPSA) is 62.3 Å². The van der Waals surface area contributed by atoms with E-state index < -0.39 is 0 Å². The molecule has 1 aliphatic heterocycles. The fourth-order valence-electron chi connectivity index (χ4n) is 3.32. The summed E-state index contributed by atoms with van der Waals surface area (Å²) in [5.74, 6) is -0.200. The van der Waals surface area contributed by atoms with Gasteiger partial charge in [-0.1, -0.05) is 41.6 Å². The molecule has 0 bridgehead atoms. The summed E-state index contributed by atoms with van der Waals surface area (Å²) in [5, 5.41) is 4.18. The van der Waals surface area contributed by atoms with Gasteiger partial charge in [0.2, 0.25) is 5.91 Å². The average molecular weight is 438 g/mol. The van der Waals surface area contributed by atoms with E-state index in [1.807, 2.05) is 37.3 Å². The van der Waals surface area contributed by atoms with Gasteiger partial charge in [0.15, 0.2) is 0 Å². The maximum Gasteiger partial charge on any atom is 0.261 e. The van der Waals surface area contributed by atoms with Crippen LogP contribution in [0.2, 0.25) is 5.02 Å². The third-order valence-corrected chi connectivity index (χ3v) is 6.19. The van der Waals surface area contributed by atoms with E-state index in [0.717, 1.165) is 16.1 Å². The van der Waals surface area contributed by atoms with E-state index in [-0.39, 0.29) is 11.8 Å². The van der Waals surface area contributed by atoms with E-state index in [0.29, 0.717) is 40.7 Å². The molecule has 2 amide bonds. The number of hydrogen-bond donors (Lipinski definition) is 1. The average Bonchev–Trinajstić information content (AvgIpc) is 2.85. The number of nitrogens with one attached hydrogen (secondary N) is 1. The van der Waals surface area contributed by atoms with Crippen molar-refractivity contribution in [1.82, 2.24) is 4.98 Å². The maximum absolute atomic E-state index is 13.2. The van der Waals surface area contributed by atoms with Crippen LogP contribution in [0.3, 0.4) is 0 Å². The second kappa shape index (κ2) is 8.90. The number of hydrogen-bond acceptors (Lipinski definition) is 4. The van der Waals surface area contributed by atoms with E-state index in [1.54, 1.807) is 35.4 Å². The van der Waals surface area contributed by atoms with Gasteiger partial charge in [0.1, 0.15) is 5.03 Å². The summed E-state index contributed by atoms with van der Waals surface area (Å²) in [5.41, 5.74) is 3.08. The molecule has 152 valence electrons. The Hall–Kier alpha value is -2.83. The van der Waals surface area contributed by atoms with Gasteiger partial charge in [-0.25, -0.2) is 4.98 Å². The van der Waals surface area contributed by atoms with Crippen molar-refractivity contribution in [3.05, 3.63) is 76.9 Å². The third kappa shape index (κ3) is 4.35. The van der Waals surface area contributed by atoms with Crippen LogP contribution in [0.15, 0.2) is 70.7 Å². The maximum atomic E-state index is 13.2. The van der Waals surface area contributed by atoms with Crippen molar-refractivity contribution in [3.8, 4) is 0 Å². The highest BCUT2D eigenvalue weighted by atomic mass is 35.5. The zero-order chi connectivity index (χ0) is 21.1. The Morgan fingerprint density at radius 3 is 2.87 bits per heavy atom. The van der Waals surface area contributed by atoms with Gasteiger partial charge >= 0.3 is 0 Å². The first-order valence-corrected chi connectivity index (χ1v) is 10.8. The van der Waals surface area contributed by atoms with Crippen molar-refractivity contribution >= 4 is 46.6 Å². The fourth-order valence-corrected chi connectivity index (χ4v) is 4.51. The van der Waals surface area contributed by atoms with Crippen LogP contribution in [-0.4, -0.2) is 23.3 Å². The highest BCUT2D eigenvalue weighted by Gasteiger charge is 2.27. The van der Waals surface area contributed by atoms with Crippen LogP contribution in [0, 0.1) is 6.92 Å². The molecule has 1 N–H and O–H groups in total. The van der Waals surface area contributed by atoms with Gasteiger partial charge in [-0.3, -0.25) is 9.59 Å². The van der Waals surface area contributed by atoms with Crippen LogP contribution < -0.4 is 10.2 Å². The smallest absolute Gasteiger partial charge is 0.261 e. The summed E-state index contributed by atoms with van der Waals surface area (Å²) in [6.07, 6.45) is 2.52. The van der Waals surface area contributed by atoms with E-state index in [1.165, 1.54) is 11.8 Å². The highest BCUT2D eigenvalue weighted by Crippen LogP contribution is 2.40. The fraction of sp³-hybridized carbons (Fsp3) is 0.174. The SMILES string of the molecule is Cc1ccc(Cl)cc1NC(=O)CCCN1C(=O)c2cccnc2Sc2ccccc21. The van der Waals surface area contributed by atoms with Gasteiger partial charge in [-0.2, -0.15) is 0 Å². The molecule has 30 heavy (non-hydrogen) atoms. The van der Waals surface area contributed by atoms with Crippen molar-refractivity contribution in [3.63, 3.8) is 0 Å². The summed E-state index contributed by atoms with van der Waals surface area (Å²) in [6, 6.07) is 16.7. The van der Waals surface area contributed by atoms with Crippen LogP contribution in [0.5, 0.6) is 0 Å². The molecule has 0 saturated carbocycles. The Bertz CT molecular complexity index is 1120. The number of anilines is 2. The predicted molar refractivity (Wildman–Crippen MR) is 121 cm³/mol. The van der Waals surface area contributed by atoms with Crippen molar-refractivity contribution in [2.75, 3.05) is 16.8 Å². The molecule has 0 unspecified atom stereocenters. The lowest BCUT2D eigenvalue weighted by atomic mass is 10.1. The summed E-state index contributed by atoms with van der Waals surface area (Å²) < 4.78 is 0. The zero-order valence-electron chi connectivity index (χ0n) is 16.4. The second-order valence-electron chi connectivity index (χ2n) is 6.99. The van der Waals surface area contributed by atoms with Gasteiger partial charge in [0.05, 0.1) is 11.3 Å². The normalized spacial score (nSPS) is 12.7. The predicted octanol–water partition coefficient (Wildman–Crippen LogP) is 5.57. The number of aryl methyl sites for hydroxylation is 1. The molecule has 1 aromatic heterocycles. The summed E-state index contributed by atoms with van der Waals surface area (Å²) in [6.45, 7) is 2.36. The Balaban J connectivity index is 1.48. The summed E-state index contributed by atoms with van der Waals surface area (Å²) >= 11 is 7.51. The Morgan fingerprint density at radius 2 is 2.00 bits per heavy atom. The monoisotopic (exact) mass is 437 g/mol. The lowest BCUT2D eigenvalue weighted by Gasteiger charge is -2.22. The number of rotatable bonds is 5. The number of aromatic nitrogens is 1. The molecule has 0 aliphatic carbocycles. The van der Waals surface area contributed by atoms with Gasteiger partial charge in [-0.15, -0.1) is 0 Å². The van der Waals surface area contributed by atoms with Gasteiger partial charge in [-0.05, 0) is 55.3 Å². The molecule has 2 heterocycles. The van der Waals surface area contributed by atoms with Crippen molar-refractivity contribution in [1.29, 1.82) is 0 Å². The van der Waals surface area contributed by atoms with Crippen LogP contribution in [-0.2, 0) is 4.79 Å². The number of halogens is 1. The lowest BCUT2D eigenvalue weighted by molar-refractivity contribution is -0.116. The van der Waals surface area contributed by atoms with E-state index in [9.17, 15) is 9.59 Å². The number of fused-ring (bicyclic) bond motifs is 2. The first-order valence-electron chi connectivity index (χ1n) is 9.63. The van der Waals surface area contributed by atoms with E-state index in [2.05, 4.69) is 10.3 Å². The molecular weight excluding hydrogens is 418 g/mol. The first kappa shape index (κ1) is 20.4. The molecule has 5 nitrogen and oxygen atoms in total. The summed E-state index contributed by atoms with van der Waals surface area (Å²) in [4.78, 5) is 32.7. The molecule has 0 atom stereocenters. The number of para-hydroxylation sites is 1. The number of amides is 2. The highest BCUT2D eigenvalue weighted by molar-refractivity contribution is 7.99. The lowest BCUT2D eigenvalue weighted by Crippen LogP contribution is -2.32. The number of nitrogens with zero attached hydrogens (tertiary/aromatic N) is 2. The largest absolute Gasteiger partial charge is 0.326 e. The number of carbonyl (C=O) groups excluding carboxylic acids is 2. The Labute approximate surface area is 184 Å². The molecule has 1 aliphatic rings. The van der Waals surface area contributed by atoms with Gasteiger partial charge in [0.25, 0.3) is 5.91 Å². The van der Waals surface area contributed by atoms with Crippen LogP contribution in [0.4, 0.5) is 11.4 Å². The molecule has 3 aromatic rings. The minimum Gasteiger partial charge on any atom is -0.326 e. The summed E-state index contributed by atoms with van der Waals surface area (Å²) in [7, 11) is 0. The molecule has 2 aromatic carbocycles. The first-order chi connectivity index (χ1) is 14.5. The van der Waals surface area contributed by atoms with Crippen molar-refractivity contribution in [2.45, 2.75) is 29.7 Å². The molecule has 7 heteroatoms. The van der Waals surface area contributed by atoms with Gasteiger partial charge < -0.3 is 10.2 Å². The number of carbonyl (C=O) groups is 2. The van der Waals surface area contributed by atoms with E-state index in [4.69, 9.17) is 11.6 Å². The number of benzene rings is 2. The third-order valence-electron chi connectivity index (χ3n) is 4.87. The van der Waals surface area contributed by atoms with Crippen LogP contribution in [0.25, 0.3) is 0 Å². The second-order valence-corrected chi connectivity index (χ2v) is 8.46. The van der Waals surface area contributed by atoms with E-state index >= 15 is 0 Å². The minimum absolute atomic E-state index is 0.0957. The molecule has 0 spiro atoms. The minimum atomic E-state index is -0.104. The van der Waals surface area contributed by atoms with Crippen LogP contribution >= 0.6 is 23.4 Å². The molecule has 0 radical (unpaired) electrons. The van der Waals surface area contributed by atoms with Crippen LogP contribution in [0.1, 0.15) is 28.8 Å².